The number of ketones is 1. The van der Waals surface area contributed by atoms with E-state index in [1.54, 1.807) is 6.07 Å². The van der Waals surface area contributed by atoms with E-state index >= 15 is 0 Å². The molecular formula is C36H35ClN2O4. The zero-order valence-electron chi connectivity index (χ0n) is 24.8. The molecule has 0 radical (unpaired) electrons. The van der Waals surface area contributed by atoms with E-state index in [1.807, 2.05) is 75.4 Å². The number of fused-ring (bicyclic) bond motifs is 4. The van der Waals surface area contributed by atoms with Crippen molar-refractivity contribution in [2.75, 3.05) is 11.2 Å². The summed E-state index contributed by atoms with van der Waals surface area (Å²) in [6, 6.07) is 25.7. The Morgan fingerprint density at radius 2 is 1.79 bits per heavy atom. The first-order valence-electron chi connectivity index (χ1n) is 14.6. The third kappa shape index (κ3) is 5.84. The molecule has 0 fully saturated rings. The van der Waals surface area contributed by atoms with Gasteiger partial charge >= 0.3 is 6.09 Å². The fourth-order valence-corrected chi connectivity index (χ4v) is 6.40. The van der Waals surface area contributed by atoms with Crippen molar-refractivity contribution in [1.29, 1.82) is 0 Å². The summed E-state index contributed by atoms with van der Waals surface area (Å²) in [5, 5.41) is 5.76. The normalized spacial score (nSPS) is 16.3. The molecule has 1 amide bonds. The molecule has 4 aromatic carbocycles. The molecule has 0 saturated carbocycles. The molecular weight excluding hydrogens is 560 g/mol. The van der Waals surface area contributed by atoms with Gasteiger partial charge in [0.15, 0.2) is 5.78 Å². The Morgan fingerprint density at radius 1 is 1.00 bits per heavy atom. The van der Waals surface area contributed by atoms with Gasteiger partial charge in [-0.15, -0.1) is 11.6 Å². The first kappa shape index (κ1) is 28.8. The van der Waals surface area contributed by atoms with E-state index in [0.29, 0.717) is 30.3 Å². The summed E-state index contributed by atoms with van der Waals surface area (Å²) in [4.78, 5) is 29.8. The van der Waals surface area contributed by atoms with Gasteiger partial charge in [-0.3, -0.25) is 10.1 Å². The number of amides is 1. The molecule has 1 aromatic heterocycles. The van der Waals surface area contributed by atoms with Gasteiger partial charge in [0.2, 0.25) is 0 Å². The number of benzene rings is 4. The first-order chi connectivity index (χ1) is 20.6. The highest BCUT2D eigenvalue weighted by atomic mass is 35.5. The van der Waals surface area contributed by atoms with Crippen molar-refractivity contribution in [2.24, 2.45) is 0 Å². The number of halogens is 1. The molecule has 1 heterocycles. The number of H-pyrrole nitrogens is 1. The number of aryl methyl sites for hydroxylation is 1. The van der Waals surface area contributed by atoms with Crippen LogP contribution < -0.4 is 10.1 Å². The lowest BCUT2D eigenvalue weighted by atomic mass is 9.90. The van der Waals surface area contributed by atoms with Crippen molar-refractivity contribution in [2.45, 2.75) is 58.2 Å². The van der Waals surface area contributed by atoms with Crippen LogP contribution in [0.2, 0.25) is 0 Å². The predicted molar refractivity (Wildman–Crippen MR) is 173 cm³/mol. The van der Waals surface area contributed by atoms with Gasteiger partial charge in [-0.2, -0.15) is 0 Å². The number of hydrogen-bond acceptors (Lipinski definition) is 4. The molecule has 0 saturated heterocycles. The molecule has 1 unspecified atom stereocenters. The highest BCUT2D eigenvalue weighted by Gasteiger charge is 2.38. The number of rotatable bonds is 7. The van der Waals surface area contributed by atoms with Crippen LogP contribution in [0.5, 0.6) is 5.75 Å². The van der Waals surface area contributed by atoms with Crippen LogP contribution in [0.15, 0.2) is 78.9 Å². The quantitative estimate of drug-likeness (QED) is 0.145. The molecule has 1 aliphatic rings. The molecule has 7 heteroatoms. The number of aromatic amines is 1. The van der Waals surface area contributed by atoms with Gasteiger partial charge in [-0.05, 0) is 98.0 Å². The minimum absolute atomic E-state index is 0.00802. The molecule has 6 rings (SSSR count). The molecule has 43 heavy (non-hydrogen) atoms. The molecule has 0 aliphatic heterocycles. The number of alkyl halides is 1. The van der Waals surface area contributed by atoms with E-state index in [-0.39, 0.29) is 17.6 Å². The summed E-state index contributed by atoms with van der Waals surface area (Å²) in [7, 11) is 0. The van der Waals surface area contributed by atoms with E-state index in [1.165, 1.54) is 0 Å². The van der Waals surface area contributed by atoms with Crippen LogP contribution in [0.1, 0.15) is 71.8 Å². The number of carbonyl (C=O) groups excluding carboxylic acids is 2. The number of nitrogens with one attached hydrogen (secondary N) is 2. The van der Waals surface area contributed by atoms with Crippen molar-refractivity contribution in [3.63, 3.8) is 0 Å². The number of anilines is 1. The highest BCUT2D eigenvalue weighted by Crippen LogP contribution is 2.50. The van der Waals surface area contributed by atoms with Gasteiger partial charge in [0.25, 0.3) is 0 Å². The zero-order chi connectivity index (χ0) is 30.3. The number of aromatic nitrogens is 1. The van der Waals surface area contributed by atoms with Gasteiger partial charge in [-0.1, -0.05) is 48.5 Å². The zero-order valence-corrected chi connectivity index (χ0v) is 25.5. The summed E-state index contributed by atoms with van der Waals surface area (Å²) >= 11 is 6.55. The number of carbonyl (C=O) groups is 2. The van der Waals surface area contributed by atoms with Crippen molar-refractivity contribution in [1.82, 2.24) is 4.98 Å². The molecule has 6 nitrogen and oxygen atoms in total. The molecule has 2 atom stereocenters. The second kappa shape index (κ2) is 11.4. The van der Waals surface area contributed by atoms with Crippen molar-refractivity contribution in [3.05, 3.63) is 107 Å². The van der Waals surface area contributed by atoms with Crippen molar-refractivity contribution >= 4 is 50.8 Å². The Balaban J connectivity index is 1.35. The molecule has 0 spiro atoms. The van der Waals surface area contributed by atoms with Gasteiger partial charge < -0.3 is 14.5 Å². The lowest BCUT2D eigenvalue weighted by Crippen LogP contribution is -2.27. The average molecular weight is 595 g/mol. The maximum absolute atomic E-state index is 14.2. The maximum Gasteiger partial charge on any atom is 0.412 e. The lowest BCUT2D eigenvalue weighted by Gasteiger charge is -2.19. The van der Waals surface area contributed by atoms with Crippen LogP contribution in [0.4, 0.5) is 10.5 Å². The monoisotopic (exact) mass is 594 g/mol. The molecule has 1 aliphatic carbocycles. The molecule has 0 bridgehead atoms. The lowest BCUT2D eigenvalue weighted by molar-refractivity contribution is 0.0635. The Labute approximate surface area is 256 Å². The molecule has 2 N–H and O–H groups in total. The van der Waals surface area contributed by atoms with Crippen LogP contribution in [0, 0.1) is 6.92 Å². The fraction of sp³-hybridized carbons (Fsp3) is 0.278. The fourth-order valence-electron chi connectivity index (χ4n) is 6.12. The van der Waals surface area contributed by atoms with Crippen molar-refractivity contribution in [3.8, 4) is 5.75 Å². The Morgan fingerprint density at radius 3 is 2.53 bits per heavy atom. The second-order valence-electron chi connectivity index (χ2n) is 12.3. The third-order valence-corrected chi connectivity index (χ3v) is 8.35. The topological polar surface area (TPSA) is 80.4 Å². The summed E-state index contributed by atoms with van der Waals surface area (Å²) in [5.74, 6) is 0.884. The first-order valence-corrected chi connectivity index (χ1v) is 15.1. The Kier molecular flexibility index (Phi) is 7.65. The standard InChI is InChI=1S/C36H35ClN2O4/c1-21-9-8-12-26-31(42-20-22-10-6-5-7-11-22)18-27-28(16-24(19-37)33(27)32(21)26)34(40)30-17-23-15-25(13-14-29(23)39-30)38-35(41)43-36(2,3)4/h5-15,17-18,24,28,39H,16,19-20H2,1-4H3,(H,38,41)/t24-,28?/m0/s1. The summed E-state index contributed by atoms with van der Waals surface area (Å²) < 4.78 is 11.8. The van der Waals surface area contributed by atoms with E-state index in [9.17, 15) is 9.59 Å². The number of Topliss-reactive ketones (excluding diaryl/α,β-unsaturated/α-hetero) is 1. The van der Waals surface area contributed by atoms with Gasteiger partial charge in [0, 0.05) is 33.8 Å². The van der Waals surface area contributed by atoms with Crippen molar-refractivity contribution < 1.29 is 19.1 Å². The highest BCUT2D eigenvalue weighted by molar-refractivity contribution is 6.19. The largest absolute Gasteiger partial charge is 0.488 e. The van der Waals surface area contributed by atoms with E-state index in [2.05, 4.69) is 35.4 Å². The van der Waals surface area contributed by atoms with E-state index in [0.717, 1.165) is 49.7 Å². The van der Waals surface area contributed by atoms with Gasteiger partial charge in [0.1, 0.15) is 18.0 Å². The Bertz CT molecular complexity index is 1840. The minimum atomic E-state index is -0.601. The van der Waals surface area contributed by atoms with E-state index < -0.39 is 11.7 Å². The van der Waals surface area contributed by atoms with Crippen LogP contribution in [-0.2, 0) is 11.3 Å². The number of ether oxygens (including phenoxy) is 2. The maximum atomic E-state index is 14.2. The van der Waals surface area contributed by atoms with Crippen LogP contribution >= 0.6 is 11.6 Å². The van der Waals surface area contributed by atoms with Crippen LogP contribution in [0.25, 0.3) is 21.7 Å². The average Bonchev–Trinajstić information content (AvgIpc) is 3.56. The SMILES string of the molecule is Cc1cccc2c(OCc3ccccc3)cc3c(c12)[C@H](CCl)CC3C(=O)c1cc2cc(NC(=O)OC(C)(C)C)ccc2[nH]1. The van der Waals surface area contributed by atoms with Gasteiger partial charge in [-0.25, -0.2) is 4.79 Å². The van der Waals surface area contributed by atoms with Gasteiger partial charge in [0.05, 0.1) is 5.69 Å². The Hall–Kier alpha value is -4.29. The summed E-state index contributed by atoms with van der Waals surface area (Å²) in [5.41, 5.74) is 5.66. The minimum Gasteiger partial charge on any atom is -0.488 e. The predicted octanol–water partition coefficient (Wildman–Crippen LogP) is 9.25. The third-order valence-electron chi connectivity index (χ3n) is 7.98. The molecule has 220 valence electrons. The molecule has 5 aromatic rings. The number of hydrogen-bond donors (Lipinski definition) is 2. The summed E-state index contributed by atoms with van der Waals surface area (Å²) in [6.07, 6.45) is 0.102. The van der Waals surface area contributed by atoms with Crippen LogP contribution in [0.3, 0.4) is 0 Å². The smallest absolute Gasteiger partial charge is 0.412 e. The van der Waals surface area contributed by atoms with E-state index in [4.69, 9.17) is 21.1 Å². The summed E-state index contributed by atoms with van der Waals surface area (Å²) in [6.45, 7) is 7.99. The van der Waals surface area contributed by atoms with Crippen LogP contribution in [-0.4, -0.2) is 28.3 Å². The second-order valence-corrected chi connectivity index (χ2v) is 12.6.